The monoisotopic (exact) mass is 464 g/mol. The Kier molecular flexibility index (Phi) is 8.44. The van der Waals surface area contributed by atoms with Gasteiger partial charge in [0.1, 0.15) is 12.2 Å². The van der Waals surface area contributed by atoms with E-state index >= 15 is 0 Å². The molecule has 4 rings (SSSR count). The summed E-state index contributed by atoms with van der Waals surface area (Å²) in [6, 6.07) is 37.5. The van der Waals surface area contributed by atoms with E-state index in [1.54, 1.807) is 24.3 Å². The highest BCUT2D eigenvalue weighted by Crippen LogP contribution is 2.30. The van der Waals surface area contributed by atoms with Crippen molar-refractivity contribution in [1.82, 2.24) is 0 Å². The Balaban J connectivity index is 1.46. The quantitative estimate of drug-likeness (QED) is 0.230. The molecular formula is C31H28O4. The molecule has 0 aliphatic heterocycles. The standard InChI is InChI=1S/C31H28O4/c32-30(26-18-9-3-10-19-26)34-28(24-14-5-1-6-15-24)22-13-23-29(25-16-7-2-8-17-25)35-31(33)27-20-11-4-12-21-27/h1-12,14-21,28-29H,13,22-23H2. The van der Waals surface area contributed by atoms with Crippen LogP contribution in [-0.2, 0) is 9.47 Å². The normalized spacial score (nSPS) is 12.3. The van der Waals surface area contributed by atoms with E-state index in [0.29, 0.717) is 30.4 Å². The van der Waals surface area contributed by atoms with E-state index in [4.69, 9.17) is 9.47 Å². The average molecular weight is 465 g/mol. The fourth-order valence-corrected chi connectivity index (χ4v) is 3.95. The van der Waals surface area contributed by atoms with Gasteiger partial charge in [0.15, 0.2) is 0 Å². The largest absolute Gasteiger partial charge is 0.454 e. The Morgan fingerprint density at radius 2 is 0.800 bits per heavy atom. The molecule has 0 saturated heterocycles. The van der Waals surface area contributed by atoms with Crippen LogP contribution in [0.3, 0.4) is 0 Å². The van der Waals surface area contributed by atoms with Crippen LogP contribution < -0.4 is 0 Å². The van der Waals surface area contributed by atoms with E-state index in [0.717, 1.165) is 11.1 Å². The van der Waals surface area contributed by atoms with Crippen LogP contribution >= 0.6 is 0 Å². The maximum Gasteiger partial charge on any atom is 0.338 e. The van der Waals surface area contributed by atoms with E-state index in [9.17, 15) is 9.59 Å². The van der Waals surface area contributed by atoms with Gasteiger partial charge in [0.05, 0.1) is 11.1 Å². The molecule has 4 aromatic rings. The van der Waals surface area contributed by atoms with E-state index in [1.165, 1.54) is 0 Å². The van der Waals surface area contributed by atoms with E-state index in [1.807, 2.05) is 97.1 Å². The predicted octanol–water partition coefficient (Wildman–Crippen LogP) is 7.35. The van der Waals surface area contributed by atoms with Crippen molar-refractivity contribution in [3.63, 3.8) is 0 Å². The summed E-state index contributed by atoms with van der Waals surface area (Å²) in [5, 5.41) is 0. The molecule has 35 heavy (non-hydrogen) atoms. The lowest BCUT2D eigenvalue weighted by molar-refractivity contribution is 0.0209. The van der Waals surface area contributed by atoms with Gasteiger partial charge in [-0.3, -0.25) is 0 Å². The molecule has 0 fully saturated rings. The molecule has 176 valence electrons. The molecule has 4 nitrogen and oxygen atoms in total. The van der Waals surface area contributed by atoms with Crippen molar-refractivity contribution in [3.05, 3.63) is 144 Å². The van der Waals surface area contributed by atoms with Gasteiger partial charge in [0, 0.05) is 0 Å². The Morgan fingerprint density at radius 1 is 0.486 bits per heavy atom. The van der Waals surface area contributed by atoms with Crippen molar-refractivity contribution >= 4 is 11.9 Å². The first-order valence-corrected chi connectivity index (χ1v) is 11.8. The van der Waals surface area contributed by atoms with Crippen molar-refractivity contribution in [2.45, 2.75) is 31.5 Å². The zero-order valence-electron chi connectivity index (χ0n) is 19.5. The molecule has 2 atom stereocenters. The Bertz CT molecular complexity index is 1090. The summed E-state index contributed by atoms with van der Waals surface area (Å²) in [6.45, 7) is 0. The molecule has 2 unspecified atom stereocenters. The van der Waals surface area contributed by atoms with Gasteiger partial charge >= 0.3 is 11.9 Å². The minimum absolute atomic E-state index is 0.352. The average Bonchev–Trinajstić information content (AvgIpc) is 2.93. The van der Waals surface area contributed by atoms with E-state index in [-0.39, 0.29) is 11.9 Å². The topological polar surface area (TPSA) is 52.6 Å². The summed E-state index contributed by atoms with van der Waals surface area (Å²) in [5.74, 6) is -0.705. The van der Waals surface area contributed by atoms with Gasteiger partial charge in [-0.1, -0.05) is 97.1 Å². The van der Waals surface area contributed by atoms with Crippen LogP contribution in [0.15, 0.2) is 121 Å². The summed E-state index contributed by atoms with van der Waals surface area (Å²) >= 11 is 0. The van der Waals surface area contributed by atoms with Gasteiger partial charge in [-0.05, 0) is 54.7 Å². The second-order valence-corrected chi connectivity index (χ2v) is 8.27. The fraction of sp³-hybridized carbons (Fsp3) is 0.161. The number of hydrogen-bond acceptors (Lipinski definition) is 4. The van der Waals surface area contributed by atoms with Crippen LogP contribution in [0.4, 0.5) is 0 Å². The molecule has 0 heterocycles. The predicted molar refractivity (Wildman–Crippen MR) is 136 cm³/mol. The van der Waals surface area contributed by atoms with Crippen LogP contribution in [0.1, 0.15) is 63.3 Å². The third-order valence-corrected chi connectivity index (χ3v) is 5.79. The lowest BCUT2D eigenvalue weighted by Crippen LogP contribution is -2.14. The summed E-state index contributed by atoms with van der Waals surface area (Å²) in [4.78, 5) is 25.5. The highest BCUT2D eigenvalue weighted by molar-refractivity contribution is 5.90. The lowest BCUT2D eigenvalue weighted by Gasteiger charge is -2.21. The highest BCUT2D eigenvalue weighted by Gasteiger charge is 2.21. The summed E-state index contributed by atoms with van der Waals surface area (Å²) < 4.78 is 11.8. The number of benzene rings is 4. The molecule has 0 radical (unpaired) electrons. The van der Waals surface area contributed by atoms with Crippen LogP contribution in [0.5, 0.6) is 0 Å². The Morgan fingerprint density at radius 3 is 1.14 bits per heavy atom. The van der Waals surface area contributed by atoms with Crippen LogP contribution in [0, 0.1) is 0 Å². The fourth-order valence-electron chi connectivity index (χ4n) is 3.95. The minimum atomic E-state index is -0.398. The molecule has 0 amide bonds. The van der Waals surface area contributed by atoms with Crippen molar-refractivity contribution in [2.75, 3.05) is 0 Å². The Labute approximate surface area is 206 Å². The number of esters is 2. The molecule has 0 aromatic heterocycles. The smallest absolute Gasteiger partial charge is 0.338 e. The highest BCUT2D eigenvalue weighted by atomic mass is 16.5. The molecule has 0 aliphatic carbocycles. The Hall–Kier alpha value is -4.18. The molecule has 0 bridgehead atoms. The van der Waals surface area contributed by atoms with Crippen molar-refractivity contribution in [3.8, 4) is 0 Å². The number of hydrogen-bond donors (Lipinski definition) is 0. The third-order valence-electron chi connectivity index (χ3n) is 5.79. The second-order valence-electron chi connectivity index (χ2n) is 8.27. The van der Waals surface area contributed by atoms with Crippen molar-refractivity contribution in [1.29, 1.82) is 0 Å². The first-order chi connectivity index (χ1) is 17.2. The molecular weight excluding hydrogens is 436 g/mol. The SMILES string of the molecule is O=C(OC(CCCC(OC(=O)c1ccccc1)c1ccccc1)c1ccccc1)c1ccccc1. The maximum absolute atomic E-state index is 12.8. The lowest BCUT2D eigenvalue weighted by atomic mass is 9.99. The van der Waals surface area contributed by atoms with Crippen LogP contribution in [0.2, 0.25) is 0 Å². The molecule has 0 N–H and O–H groups in total. The van der Waals surface area contributed by atoms with Gasteiger partial charge in [-0.2, -0.15) is 0 Å². The minimum Gasteiger partial charge on any atom is -0.454 e. The summed E-state index contributed by atoms with van der Waals surface area (Å²) in [7, 11) is 0. The third kappa shape index (κ3) is 6.90. The summed E-state index contributed by atoms with van der Waals surface area (Å²) in [5.41, 5.74) is 2.92. The first kappa shape index (κ1) is 24.0. The zero-order chi connectivity index (χ0) is 24.3. The molecule has 0 aliphatic rings. The number of ether oxygens (including phenoxy) is 2. The van der Waals surface area contributed by atoms with E-state index in [2.05, 4.69) is 0 Å². The van der Waals surface area contributed by atoms with Crippen LogP contribution in [0.25, 0.3) is 0 Å². The molecule has 4 aromatic carbocycles. The number of carbonyl (C=O) groups is 2. The van der Waals surface area contributed by atoms with Gasteiger partial charge in [-0.15, -0.1) is 0 Å². The van der Waals surface area contributed by atoms with Crippen LogP contribution in [-0.4, -0.2) is 11.9 Å². The first-order valence-electron chi connectivity index (χ1n) is 11.8. The van der Waals surface area contributed by atoms with Gasteiger partial charge in [0.2, 0.25) is 0 Å². The number of rotatable bonds is 10. The van der Waals surface area contributed by atoms with Gasteiger partial charge in [0.25, 0.3) is 0 Å². The molecule has 0 spiro atoms. The van der Waals surface area contributed by atoms with Gasteiger partial charge in [-0.25, -0.2) is 9.59 Å². The molecule has 4 heteroatoms. The van der Waals surface area contributed by atoms with Crippen molar-refractivity contribution < 1.29 is 19.1 Å². The zero-order valence-corrected chi connectivity index (χ0v) is 19.5. The van der Waals surface area contributed by atoms with Gasteiger partial charge < -0.3 is 9.47 Å². The second kappa shape index (κ2) is 12.3. The number of carbonyl (C=O) groups excluding carboxylic acids is 2. The maximum atomic E-state index is 12.8. The van der Waals surface area contributed by atoms with Crippen molar-refractivity contribution in [2.24, 2.45) is 0 Å². The summed E-state index contributed by atoms with van der Waals surface area (Å²) in [6.07, 6.45) is 1.11. The molecule has 0 saturated carbocycles. The van der Waals surface area contributed by atoms with E-state index < -0.39 is 12.2 Å².